The number of carbonyl (C=O) groups excluding carboxylic acids is 2. The van der Waals surface area contributed by atoms with E-state index in [2.05, 4.69) is 6.58 Å². The van der Waals surface area contributed by atoms with Crippen molar-refractivity contribution in [2.45, 2.75) is 11.3 Å². The van der Waals surface area contributed by atoms with Crippen LogP contribution in [-0.4, -0.2) is 18.2 Å². The molecule has 1 fully saturated rings. The number of fused-ring (bicyclic) bond motifs is 2. The number of ketones is 1. The molecule has 1 aliphatic heterocycles. The monoisotopic (exact) mass is 385 g/mol. The van der Waals surface area contributed by atoms with Crippen LogP contribution >= 0.6 is 11.3 Å². The molecular weight excluding hydrogens is 366 g/mol. The minimum atomic E-state index is -0.817. The molecule has 2 aliphatic rings. The largest absolute Gasteiger partial charge is 0.307 e. The van der Waals surface area contributed by atoms with E-state index in [0.717, 1.165) is 21.7 Å². The number of Topliss-reactive ketones (excluding diaryl/α,β-unsaturated/α-hetero) is 1. The van der Waals surface area contributed by atoms with E-state index in [4.69, 9.17) is 0 Å². The van der Waals surface area contributed by atoms with E-state index in [9.17, 15) is 9.59 Å². The average Bonchev–Trinajstić information content (AvgIpc) is 3.01. The summed E-state index contributed by atoms with van der Waals surface area (Å²) in [6.07, 6.45) is 1.74. The van der Waals surface area contributed by atoms with E-state index in [1.54, 1.807) is 11.0 Å². The first-order chi connectivity index (χ1) is 13.7. The molecule has 1 saturated carbocycles. The van der Waals surface area contributed by atoms with Crippen LogP contribution in [0.25, 0.3) is 0 Å². The SMILES string of the molecule is C=CCN1C(=O)C2(c3ccccc31)C(C(=O)c1cccs1)C2c1ccccc1. The second-order valence-electron chi connectivity index (χ2n) is 7.30. The number of carbonyl (C=O) groups is 2. The van der Waals surface area contributed by atoms with Crippen LogP contribution in [0.1, 0.15) is 26.7 Å². The lowest BCUT2D eigenvalue weighted by Crippen LogP contribution is -2.34. The predicted octanol–water partition coefficient (Wildman–Crippen LogP) is 4.82. The van der Waals surface area contributed by atoms with Gasteiger partial charge in [-0.2, -0.15) is 0 Å². The third-order valence-electron chi connectivity index (χ3n) is 5.96. The maximum absolute atomic E-state index is 13.7. The first kappa shape index (κ1) is 17.1. The molecule has 0 saturated heterocycles. The van der Waals surface area contributed by atoms with Gasteiger partial charge in [-0.05, 0) is 28.6 Å². The van der Waals surface area contributed by atoms with Gasteiger partial charge in [-0.3, -0.25) is 9.59 Å². The lowest BCUT2D eigenvalue weighted by Gasteiger charge is -2.16. The molecular formula is C24H19NO2S. The van der Waals surface area contributed by atoms with Crippen LogP contribution in [0.3, 0.4) is 0 Å². The zero-order chi connectivity index (χ0) is 19.3. The normalized spacial score (nSPS) is 25.0. The van der Waals surface area contributed by atoms with Crippen molar-refractivity contribution in [2.75, 3.05) is 11.4 Å². The summed E-state index contributed by atoms with van der Waals surface area (Å²) in [7, 11) is 0. The van der Waals surface area contributed by atoms with Gasteiger partial charge < -0.3 is 4.90 Å². The van der Waals surface area contributed by atoms with Crippen molar-refractivity contribution in [3.63, 3.8) is 0 Å². The van der Waals surface area contributed by atoms with Gasteiger partial charge in [0.25, 0.3) is 0 Å². The molecule has 138 valence electrons. The van der Waals surface area contributed by atoms with Crippen LogP contribution in [0, 0.1) is 5.92 Å². The Kier molecular flexibility index (Phi) is 3.84. The average molecular weight is 385 g/mol. The summed E-state index contributed by atoms with van der Waals surface area (Å²) in [6, 6.07) is 21.6. The topological polar surface area (TPSA) is 37.4 Å². The van der Waals surface area contributed by atoms with Crippen LogP contribution in [0.4, 0.5) is 5.69 Å². The van der Waals surface area contributed by atoms with E-state index < -0.39 is 5.41 Å². The highest BCUT2D eigenvalue weighted by Crippen LogP contribution is 2.71. The second-order valence-corrected chi connectivity index (χ2v) is 8.25. The van der Waals surface area contributed by atoms with E-state index in [-0.39, 0.29) is 23.5 Å². The number of benzene rings is 2. The lowest BCUT2D eigenvalue weighted by molar-refractivity contribution is -0.120. The van der Waals surface area contributed by atoms with Gasteiger partial charge in [-0.1, -0.05) is 60.7 Å². The van der Waals surface area contributed by atoms with Gasteiger partial charge >= 0.3 is 0 Å². The maximum Gasteiger partial charge on any atom is 0.239 e. The van der Waals surface area contributed by atoms with Crippen molar-refractivity contribution in [2.24, 2.45) is 5.92 Å². The number of rotatable bonds is 5. The summed E-state index contributed by atoms with van der Waals surface area (Å²) in [5, 5.41) is 1.91. The van der Waals surface area contributed by atoms with Crippen LogP contribution in [0.5, 0.6) is 0 Å². The first-order valence-corrected chi connectivity index (χ1v) is 10.2. The number of para-hydroxylation sites is 1. The molecule has 3 atom stereocenters. The van der Waals surface area contributed by atoms with Crippen molar-refractivity contribution in [3.05, 3.63) is 101 Å². The van der Waals surface area contributed by atoms with Gasteiger partial charge in [0.2, 0.25) is 5.91 Å². The Morgan fingerprint density at radius 3 is 2.54 bits per heavy atom. The predicted molar refractivity (Wildman–Crippen MR) is 112 cm³/mol. The molecule has 5 rings (SSSR count). The third kappa shape index (κ3) is 2.15. The fourth-order valence-corrected chi connectivity index (χ4v) is 5.56. The first-order valence-electron chi connectivity index (χ1n) is 9.36. The third-order valence-corrected chi connectivity index (χ3v) is 6.85. The molecule has 0 bridgehead atoms. The minimum Gasteiger partial charge on any atom is -0.307 e. The molecule has 28 heavy (non-hydrogen) atoms. The second kappa shape index (κ2) is 6.28. The van der Waals surface area contributed by atoms with Crippen LogP contribution in [0.15, 0.2) is 84.8 Å². The fourth-order valence-electron chi connectivity index (χ4n) is 4.85. The lowest BCUT2D eigenvalue weighted by atomic mass is 9.90. The highest BCUT2D eigenvalue weighted by molar-refractivity contribution is 7.12. The molecule has 2 heterocycles. The van der Waals surface area contributed by atoms with Crippen molar-refractivity contribution >= 4 is 28.7 Å². The summed E-state index contributed by atoms with van der Waals surface area (Å²) >= 11 is 1.44. The Hall–Kier alpha value is -2.98. The molecule has 2 aromatic carbocycles. The van der Waals surface area contributed by atoms with Gasteiger partial charge in [0.15, 0.2) is 5.78 Å². The van der Waals surface area contributed by atoms with Crippen molar-refractivity contribution in [1.82, 2.24) is 0 Å². The number of thiophene rings is 1. The van der Waals surface area contributed by atoms with E-state index >= 15 is 0 Å². The molecule has 1 amide bonds. The molecule has 1 spiro atoms. The Bertz CT molecular complexity index is 1070. The van der Waals surface area contributed by atoms with Gasteiger partial charge in [-0.15, -0.1) is 17.9 Å². The molecule has 3 aromatic rings. The van der Waals surface area contributed by atoms with Gasteiger partial charge in [0, 0.05) is 18.2 Å². The molecule has 1 aromatic heterocycles. The number of amides is 1. The number of anilines is 1. The maximum atomic E-state index is 13.7. The zero-order valence-corrected chi connectivity index (χ0v) is 16.1. The Labute approximate surface area is 167 Å². The Morgan fingerprint density at radius 2 is 1.82 bits per heavy atom. The number of hydrogen-bond donors (Lipinski definition) is 0. The van der Waals surface area contributed by atoms with Crippen LogP contribution in [-0.2, 0) is 10.2 Å². The summed E-state index contributed by atoms with van der Waals surface area (Å²) in [5.41, 5.74) is 2.09. The molecule has 0 radical (unpaired) electrons. The van der Waals surface area contributed by atoms with Gasteiger partial charge in [0.05, 0.1) is 16.2 Å². The zero-order valence-electron chi connectivity index (χ0n) is 15.2. The Balaban J connectivity index is 1.70. The van der Waals surface area contributed by atoms with Crippen molar-refractivity contribution in [3.8, 4) is 0 Å². The standard InChI is InChI=1S/C24H19NO2S/c1-2-14-25-18-12-7-6-11-17(18)24(23(25)27)20(16-9-4-3-5-10-16)21(24)22(26)19-13-8-15-28-19/h2-13,15,20-21H,1,14H2. The summed E-state index contributed by atoms with van der Waals surface area (Å²) in [6.45, 7) is 4.26. The molecule has 3 nitrogen and oxygen atoms in total. The quantitative estimate of drug-likeness (QED) is 0.467. The van der Waals surface area contributed by atoms with Crippen molar-refractivity contribution < 1.29 is 9.59 Å². The minimum absolute atomic E-state index is 0.0114. The number of hydrogen-bond acceptors (Lipinski definition) is 3. The van der Waals surface area contributed by atoms with E-state index in [0.29, 0.717) is 6.54 Å². The molecule has 4 heteroatoms. The van der Waals surface area contributed by atoms with Crippen LogP contribution < -0.4 is 4.90 Å². The highest BCUT2D eigenvalue weighted by Gasteiger charge is 2.77. The van der Waals surface area contributed by atoms with E-state index in [1.165, 1.54) is 11.3 Å². The fraction of sp³-hybridized carbons (Fsp3) is 0.167. The molecule has 3 unspecified atom stereocenters. The Morgan fingerprint density at radius 1 is 1.07 bits per heavy atom. The van der Waals surface area contributed by atoms with Crippen LogP contribution in [0.2, 0.25) is 0 Å². The van der Waals surface area contributed by atoms with Crippen molar-refractivity contribution in [1.29, 1.82) is 0 Å². The van der Waals surface area contributed by atoms with E-state index in [1.807, 2.05) is 72.1 Å². The molecule has 1 aliphatic carbocycles. The van der Waals surface area contributed by atoms with Gasteiger partial charge in [-0.25, -0.2) is 0 Å². The molecule has 0 N–H and O–H groups in total. The summed E-state index contributed by atoms with van der Waals surface area (Å²) in [5.74, 6) is -0.450. The summed E-state index contributed by atoms with van der Waals surface area (Å²) in [4.78, 5) is 29.7. The smallest absolute Gasteiger partial charge is 0.239 e. The highest BCUT2D eigenvalue weighted by atomic mass is 32.1. The van der Waals surface area contributed by atoms with Gasteiger partial charge in [0.1, 0.15) is 0 Å². The summed E-state index contributed by atoms with van der Waals surface area (Å²) < 4.78 is 0. The number of nitrogens with zero attached hydrogens (tertiary/aromatic N) is 1.